The molecule has 190 valence electrons. The van der Waals surface area contributed by atoms with Gasteiger partial charge in [-0.15, -0.1) is 0 Å². The minimum absolute atomic E-state index is 0.0978. The molecule has 2 aliphatic carbocycles. The van der Waals surface area contributed by atoms with Crippen LogP contribution in [0.3, 0.4) is 0 Å². The van der Waals surface area contributed by atoms with Crippen LogP contribution in [0.1, 0.15) is 62.4 Å². The minimum Gasteiger partial charge on any atom is -0.324 e. The fraction of sp³-hybridized carbons (Fsp3) is 0.429. The van der Waals surface area contributed by atoms with Crippen molar-refractivity contribution in [3.63, 3.8) is 0 Å². The predicted octanol–water partition coefficient (Wildman–Crippen LogP) is 4.44. The molecule has 2 fully saturated rings. The first-order chi connectivity index (χ1) is 17.9. The van der Waals surface area contributed by atoms with Crippen LogP contribution in [0, 0.1) is 0 Å². The Labute approximate surface area is 213 Å². The second kappa shape index (κ2) is 7.95. The molecule has 7 rings (SSSR count). The number of benzene rings is 1. The summed E-state index contributed by atoms with van der Waals surface area (Å²) in [5.41, 5.74) is 4.26. The van der Waals surface area contributed by atoms with E-state index >= 15 is 0 Å². The van der Waals surface area contributed by atoms with Crippen LogP contribution < -0.4 is 16.2 Å². The molecule has 2 N–H and O–H groups in total. The molecule has 4 heterocycles. The van der Waals surface area contributed by atoms with E-state index in [0.29, 0.717) is 33.9 Å². The van der Waals surface area contributed by atoms with Gasteiger partial charge >= 0.3 is 0 Å². The summed E-state index contributed by atoms with van der Waals surface area (Å²) in [5, 5.41) is 7.34. The summed E-state index contributed by atoms with van der Waals surface area (Å²) in [6, 6.07) is 12.1. The fourth-order valence-electron chi connectivity index (χ4n) is 5.51. The first kappa shape index (κ1) is 22.6. The molecule has 4 aromatic rings. The van der Waals surface area contributed by atoms with Gasteiger partial charge in [0.25, 0.3) is 5.56 Å². The van der Waals surface area contributed by atoms with Gasteiger partial charge in [0.1, 0.15) is 12.1 Å². The third kappa shape index (κ3) is 3.67. The molecule has 2 saturated carbocycles. The van der Waals surface area contributed by atoms with Crippen LogP contribution in [0.2, 0.25) is 0 Å². The summed E-state index contributed by atoms with van der Waals surface area (Å²) in [5.74, 6) is 0.969. The Morgan fingerprint density at radius 3 is 2.78 bits per heavy atom. The molecular formula is C28H30FN7O. The van der Waals surface area contributed by atoms with Crippen LogP contribution in [-0.4, -0.2) is 37.5 Å². The SMILES string of the molecule is CC(C)(CF)c1cccc(-n2c3nc(Nc4ccc5c(c4)CNCC54CC4)ncc3c(=O)n2C2CC2)n1. The highest BCUT2D eigenvalue weighted by atomic mass is 19.1. The molecule has 8 nitrogen and oxygen atoms in total. The van der Waals surface area contributed by atoms with Gasteiger partial charge < -0.3 is 10.6 Å². The van der Waals surface area contributed by atoms with Crippen molar-refractivity contribution in [2.45, 2.75) is 62.9 Å². The highest BCUT2D eigenvalue weighted by Gasteiger charge is 2.46. The lowest BCUT2D eigenvalue weighted by Gasteiger charge is -2.26. The molecule has 0 saturated heterocycles. The molecule has 1 aromatic carbocycles. The summed E-state index contributed by atoms with van der Waals surface area (Å²) in [6.07, 6.45) is 5.93. The number of hydrogen-bond acceptors (Lipinski definition) is 6. The normalized spacial score (nSPS) is 18.2. The van der Waals surface area contributed by atoms with Crippen molar-refractivity contribution in [1.29, 1.82) is 0 Å². The molecule has 37 heavy (non-hydrogen) atoms. The van der Waals surface area contributed by atoms with Crippen molar-refractivity contribution in [3.8, 4) is 5.82 Å². The molecule has 3 aromatic heterocycles. The number of anilines is 2. The molecule has 9 heteroatoms. The number of rotatable bonds is 6. The maximum absolute atomic E-state index is 13.7. The molecule has 3 aliphatic rings. The van der Waals surface area contributed by atoms with Crippen molar-refractivity contribution < 1.29 is 4.39 Å². The molecular weight excluding hydrogens is 469 g/mol. The lowest BCUT2D eigenvalue weighted by atomic mass is 9.88. The second-order valence-corrected chi connectivity index (χ2v) is 11.4. The minimum atomic E-state index is -0.730. The number of pyridine rings is 1. The summed E-state index contributed by atoms with van der Waals surface area (Å²) in [4.78, 5) is 27.4. The van der Waals surface area contributed by atoms with Crippen molar-refractivity contribution >= 4 is 22.7 Å². The van der Waals surface area contributed by atoms with Crippen LogP contribution in [-0.2, 0) is 17.4 Å². The van der Waals surface area contributed by atoms with Crippen LogP contribution in [0.25, 0.3) is 16.9 Å². The molecule has 0 bridgehead atoms. The summed E-state index contributed by atoms with van der Waals surface area (Å²) in [7, 11) is 0. The number of aromatic nitrogens is 5. The Morgan fingerprint density at radius 2 is 2.03 bits per heavy atom. The number of halogens is 1. The van der Waals surface area contributed by atoms with Gasteiger partial charge in [0.15, 0.2) is 11.5 Å². The smallest absolute Gasteiger partial charge is 0.278 e. The molecule has 1 aliphatic heterocycles. The zero-order chi connectivity index (χ0) is 25.4. The quantitative estimate of drug-likeness (QED) is 0.408. The van der Waals surface area contributed by atoms with E-state index in [2.05, 4.69) is 33.8 Å². The fourth-order valence-corrected chi connectivity index (χ4v) is 5.51. The lowest BCUT2D eigenvalue weighted by Crippen LogP contribution is -2.33. The van der Waals surface area contributed by atoms with E-state index in [1.54, 1.807) is 15.6 Å². The Bertz CT molecular complexity index is 1600. The standard InChI is InChI=1S/C28H30FN7O/c1-27(2,15-29)22-4-3-5-23(33-22)36-24-20(25(37)35(36)19-7-8-19)14-31-26(34-24)32-18-6-9-21-17(12-18)13-30-16-28(21)10-11-28/h3-6,9,12,14,19,30H,7-8,10-11,13,15-16H2,1-2H3,(H,31,32,34). The van der Waals surface area contributed by atoms with Crippen LogP contribution in [0.5, 0.6) is 0 Å². The van der Waals surface area contributed by atoms with E-state index in [1.807, 2.05) is 32.0 Å². The Hall–Kier alpha value is -3.59. The zero-order valence-electron chi connectivity index (χ0n) is 21.1. The van der Waals surface area contributed by atoms with E-state index < -0.39 is 12.1 Å². The highest BCUT2D eigenvalue weighted by Crippen LogP contribution is 2.50. The molecule has 1 spiro atoms. The number of fused-ring (bicyclic) bond motifs is 3. The highest BCUT2D eigenvalue weighted by molar-refractivity contribution is 5.77. The van der Waals surface area contributed by atoms with Gasteiger partial charge in [-0.1, -0.05) is 26.0 Å². The van der Waals surface area contributed by atoms with Gasteiger partial charge in [0, 0.05) is 35.8 Å². The predicted molar refractivity (Wildman–Crippen MR) is 141 cm³/mol. The Balaban J connectivity index is 1.31. The topological polar surface area (TPSA) is 89.7 Å². The van der Waals surface area contributed by atoms with Gasteiger partial charge in [-0.3, -0.25) is 9.18 Å². The zero-order valence-corrected chi connectivity index (χ0v) is 21.1. The molecule has 0 unspecified atom stereocenters. The van der Waals surface area contributed by atoms with Crippen molar-refractivity contribution in [2.24, 2.45) is 0 Å². The van der Waals surface area contributed by atoms with Gasteiger partial charge in [-0.05, 0) is 61.1 Å². The largest absolute Gasteiger partial charge is 0.324 e. The number of hydrogen-bond donors (Lipinski definition) is 2. The molecule has 0 atom stereocenters. The average molecular weight is 500 g/mol. The monoisotopic (exact) mass is 499 g/mol. The van der Waals surface area contributed by atoms with Crippen LogP contribution >= 0.6 is 0 Å². The number of alkyl halides is 1. The third-order valence-electron chi connectivity index (χ3n) is 8.06. The summed E-state index contributed by atoms with van der Waals surface area (Å²) < 4.78 is 17.3. The second-order valence-electron chi connectivity index (χ2n) is 11.4. The maximum atomic E-state index is 13.7. The van der Waals surface area contributed by atoms with E-state index in [1.165, 1.54) is 24.0 Å². The van der Waals surface area contributed by atoms with Crippen LogP contribution in [0.4, 0.5) is 16.0 Å². The Morgan fingerprint density at radius 1 is 1.19 bits per heavy atom. The van der Waals surface area contributed by atoms with Gasteiger partial charge in [0.2, 0.25) is 5.95 Å². The van der Waals surface area contributed by atoms with E-state index in [0.717, 1.165) is 31.6 Å². The lowest BCUT2D eigenvalue weighted by molar-refractivity contribution is 0.344. The molecule has 0 amide bonds. The third-order valence-corrected chi connectivity index (χ3v) is 8.06. The van der Waals surface area contributed by atoms with Crippen molar-refractivity contribution in [2.75, 3.05) is 18.5 Å². The first-order valence-electron chi connectivity index (χ1n) is 13.0. The first-order valence-corrected chi connectivity index (χ1v) is 13.0. The van der Waals surface area contributed by atoms with E-state index in [4.69, 9.17) is 9.97 Å². The molecule has 0 radical (unpaired) electrons. The van der Waals surface area contributed by atoms with Crippen molar-refractivity contribution in [1.82, 2.24) is 29.6 Å². The average Bonchev–Trinajstić information content (AvgIpc) is 3.84. The summed E-state index contributed by atoms with van der Waals surface area (Å²) >= 11 is 0. The van der Waals surface area contributed by atoms with Gasteiger partial charge in [-0.25, -0.2) is 19.3 Å². The van der Waals surface area contributed by atoms with Crippen LogP contribution in [0.15, 0.2) is 47.4 Å². The number of nitrogens with one attached hydrogen (secondary N) is 2. The van der Waals surface area contributed by atoms with Crippen molar-refractivity contribution in [3.05, 3.63) is 69.8 Å². The Kier molecular flexibility index (Phi) is 4.86. The van der Waals surface area contributed by atoms with Gasteiger partial charge in [-0.2, -0.15) is 4.98 Å². The maximum Gasteiger partial charge on any atom is 0.278 e. The van der Waals surface area contributed by atoms with E-state index in [9.17, 15) is 9.18 Å². The van der Waals surface area contributed by atoms with E-state index in [-0.39, 0.29) is 11.6 Å². The summed E-state index contributed by atoms with van der Waals surface area (Å²) in [6.45, 7) is 5.03. The number of nitrogens with zero attached hydrogens (tertiary/aromatic N) is 5. The van der Waals surface area contributed by atoms with Gasteiger partial charge in [0.05, 0.1) is 11.7 Å².